The normalized spacial score (nSPS) is 10.2. The summed E-state index contributed by atoms with van der Waals surface area (Å²) in [4.78, 5) is 11.4. The third-order valence-corrected chi connectivity index (χ3v) is 2.65. The van der Waals surface area contributed by atoms with E-state index in [2.05, 4.69) is 6.58 Å². The van der Waals surface area contributed by atoms with Gasteiger partial charge < -0.3 is 4.42 Å². The Kier molecular flexibility index (Phi) is 3.24. The number of hydrogen-bond donors (Lipinski definition) is 0. The van der Waals surface area contributed by atoms with Crippen LogP contribution in [0.1, 0.15) is 12.0 Å². The molecule has 0 amide bonds. The fourth-order valence-corrected chi connectivity index (χ4v) is 1.75. The van der Waals surface area contributed by atoms with Gasteiger partial charge in [0.2, 0.25) is 0 Å². The molecule has 0 saturated heterocycles. The van der Waals surface area contributed by atoms with Crippen LogP contribution in [0.25, 0.3) is 11.0 Å². The lowest BCUT2D eigenvalue weighted by Gasteiger charge is -2.04. The van der Waals surface area contributed by atoms with E-state index in [9.17, 15) is 9.18 Å². The molecule has 0 N–H and O–H groups in total. The zero-order chi connectivity index (χ0) is 13.1. The van der Waals surface area contributed by atoms with Crippen molar-refractivity contribution >= 4 is 11.0 Å². The van der Waals surface area contributed by atoms with Crippen LogP contribution in [0.3, 0.4) is 0 Å². The lowest BCUT2D eigenvalue weighted by atomic mass is 10.0. The van der Waals surface area contributed by atoms with Gasteiger partial charge in [-0.1, -0.05) is 6.58 Å². The molecule has 2 aromatic rings. The van der Waals surface area contributed by atoms with Gasteiger partial charge in [0.15, 0.2) is 0 Å². The van der Waals surface area contributed by atoms with E-state index in [1.807, 2.05) is 6.07 Å². The molecule has 90 valence electrons. The molecule has 0 saturated carbocycles. The topological polar surface area (TPSA) is 54.0 Å². The third kappa shape index (κ3) is 2.46. The van der Waals surface area contributed by atoms with E-state index in [1.54, 1.807) is 6.07 Å². The predicted molar refractivity (Wildman–Crippen MR) is 65.5 cm³/mol. The Balaban J connectivity index is 2.47. The van der Waals surface area contributed by atoms with Crippen molar-refractivity contribution in [3.05, 3.63) is 58.2 Å². The van der Waals surface area contributed by atoms with E-state index in [-0.39, 0.29) is 5.58 Å². The van der Waals surface area contributed by atoms with Crippen LogP contribution in [0.4, 0.5) is 4.39 Å². The Morgan fingerprint density at radius 3 is 2.94 bits per heavy atom. The summed E-state index contributed by atoms with van der Waals surface area (Å²) in [5.74, 6) is -0.454. The number of benzene rings is 1. The second-order valence-electron chi connectivity index (χ2n) is 3.95. The van der Waals surface area contributed by atoms with E-state index < -0.39 is 11.4 Å². The minimum atomic E-state index is -0.523. The highest BCUT2D eigenvalue weighted by Crippen LogP contribution is 2.20. The maximum absolute atomic E-state index is 13.0. The van der Waals surface area contributed by atoms with Crippen molar-refractivity contribution in [3.8, 4) is 6.07 Å². The number of halogens is 1. The molecule has 0 aliphatic carbocycles. The molecule has 0 bridgehead atoms. The van der Waals surface area contributed by atoms with Crippen molar-refractivity contribution < 1.29 is 8.81 Å². The molecule has 2 rings (SSSR count). The second kappa shape index (κ2) is 4.84. The summed E-state index contributed by atoms with van der Waals surface area (Å²) in [7, 11) is 0. The maximum atomic E-state index is 13.0. The van der Waals surface area contributed by atoms with Gasteiger partial charge in [0.05, 0.1) is 6.07 Å². The number of aryl methyl sites for hydroxylation is 1. The van der Waals surface area contributed by atoms with E-state index in [1.165, 1.54) is 18.2 Å². The van der Waals surface area contributed by atoms with Crippen molar-refractivity contribution in [2.24, 2.45) is 0 Å². The smallest absolute Gasteiger partial charge is 0.336 e. The summed E-state index contributed by atoms with van der Waals surface area (Å²) in [5, 5.41) is 9.32. The maximum Gasteiger partial charge on any atom is 0.336 e. The first-order valence-electron chi connectivity index (χ1n) is 5.40. The first kappa shape index (κ1) is 12.1. The van der Waals surface area contributed by atoms with E-state index in [0.29, 0.717) is 23.8 Å². The van der Waals surface area contributed by atoms with Gasteiger partial charge in [-0.3, -0.25) is 0 Å². The fourth-order valence-electron chi connectivity index (χ4n) is 1.75. The minimum absolute atomic E-state index is 0.222. The Hall–Kier alpha value is -2.41. The largest absolute Gasteiger partial charge is 0.423 e. The SMILES string of the molecule is C=C(C#N)CCc1cc(=O)oc2cc(F)ccc12. The van der Waals surface area contributed by atoms with Crippen LogP contribution in [0, 0.1) is 17.1 Å². The molecule has 4 heteroatoms. The van der Waals surface area contributed by atoms with Gasteiger partial charge in [0.1, 0.15) is 11.4 Å². The lowest BCUT2D eigenvalue weighted by molar-refractivity contribution is 0.552. The van der Waals surface area contributed by atoms with Crippen molar-refractivity contribution in [1.29, 1.82) is 5.26 Å². The molecule has 1 heterocycles. The van der Waals surface area contributed by atoms with Crippen molar-refractivity contribution in [2.45, 2.75) is 12.8 Å². The molecule has 0 fully saturated rings. The van der Waals surface area contributed by atoms with Crippen LogP contribution >= 0.6 is 0 Å². The lowest BCUT2D eigenvalue weighted by Crippen LogP contribution is -2.01. The number of nitrogens with zero attached hydrogens (tertiary/aromatic N) is 1. The Labute approximate surface area is 103 Å². The van der Waals surface area contributed by atoms with Crippen molar-refractivity contribution in [1.82, 2.24) is 0 Å². The molecule has 3 nitrogen and oxygen atoms in total. The van der Waals surface area contributed by atoms with Gasteiger partial charge >= 0.3 is 5.63 Å². The highest BCUT2D eigenvalue weighted by Gasteiger charge is 2.07. The van der Waals surface area contributed by atoms with Crippen LogP contribution in [0.2, 0.25) is 0 Å². The summed E-state index contributed by atoms with van der Waals surface area (Å²) in [6.45, 7) is 3.58. The summed E-state index contributed by atoms with van der Waals surface area (Å²) in [6.07, 6.45) is 0.965. The summed E-state index contributed by atoms with van der Waals surface area (Å²) in [5.41, 5.74) is 0.877. The monoisotopic (exact) mass is 243 g/mol. The van der Waals surface area contributed by atoms with Crippen molar-refractivity contribution in [3.63, 3.8) is 0 Å². The average molecular weight is 243 g/mol. The number of allylic oxidation sites excluding steroid dienone is 1. The summed E-state index contributed by atoms with van der Waals surface area (Å²) in [6, 6.07) is 7.37. The summed E-state index contributed by atoms with van der Waals surface area (Å²) < 4.78 is 18.0. The van der Waals surface area contributed by atoms with E-state index in [0.717, 1.165) is 5.56 Å². The zero-order valence-electron chi connectivity index (χ0n) is 9.57. The molecule has 0 spiro atoms. The van der Waals surface area contributed by atoms with E-state index >= 15 is 0 Å². The van der Waals surface area contributed by atoms with Crippen LogP contribution in [0.15, 0.2) is 45.6 Å². The number of rotatable bonds is 3. The Morgan fingerprint density at radius 1 is 1.44 bits per heavy atom. The molecule has 0 unspecified atom stereocenters. The Morgan fingerprint density at radius 2 is 2.22 bits per heavy atom. The first-order chi connectivity index (χ1) is 8.60. The standard InChI is InChI=1S/C14H10FNO2/c1-9(8-16)2-3-10-6-14(17)18-13-7-11(15)4-5-12(10)13/h4-7H,1-3H2. The average Bonchev–Trinajstić information content (AvgIpc) is 2.34. The molecule has 0 atom stereocenters. The van der Waals surface area contributed by atoms with Gasteiger partial charge in [-0.05, 0) is 30.5 Å². The molecular formula is C14H10FNO2. The highest BCUT2D eigenvalue weighted by atomic mass is 19.1. The van der Waals surface area contributed by atoms with Gasteiger partial charge in [-0.2, -0.15) is 5.26 Å². The molecule has 18 heavy (non-hydrogen) atoms. The fraction of sp³-hybridized carbons (Fsp3) is 0.143. The van der Waals surface area contributed by atoms with Gasteiger partial charge in [-0.25, -0.2) is 9.18 Å². The van der Waals surface area contributed by atoms with E-state index in [4.69, 9.17) is 9.68 Å². The van der Waals surface area contributed by atoms with Gasteiger partial charge in [0, 0.05) is 23.1 Å². The first-order valence-corrected chi connectivity index (χ1v) is 5.40. The highest BCUT2D eigenvalue weighted by molar-refractivity contribution is 5.80. The van der Waals surface area contributed by atoms with Gasteiger partial charge in [0.25, 0.3) is 0 Å². The summed E-state index contributed by atoms with van der Waals surface area (Å²) >= 11 is 0. The van der Waals surface area contributed by atoms with Crippen molar-refractivity contribution in [2.75, 3.05) is 0 Å². The predicted octanol–water partition coefficient (Wildman–Crippen LogP) is 2.94. The minimum Gasteiger partial charge on any atom is -0.423 e. The molecular weight excluding hydrogens is 233 g/mol. The molecule has 0 radical (unpaired) electrons. The van der Waals surface area contributed by atoms with Crippen LogP contribution < -0.4 is 5.63 Å². The third-order valence-electron chi connectivity index (χ3n) is 2.65. The van der Waals surface area contributed by atoms with Crippen LogP contribution in [-0.2, 0) is 6.42 Å². The number of hydrogen-bond acceptors (Lipinski definition) is 3. The van der Waals surface area contributed by atoms with Crippen LogP contribution in [-0.4, -0.2) is 0 Å². The van der Waals surface area contributed by atoms with Gasteiger partial charge in [-0.15, -0.1) is 0 Å². The zero-order valence-corrected chi connectivity index (χ0v) is 9.57. The Bertz CT molecular complexity index is 710. The quantitative estimate of drug-likeness (QED) is 0.615. The number of nitriles is 1. The van der Waals surface area contributed by atoms with Crippen LogP contribution in [0.5, 0.6) is 0 Å². The second-order valence-corrected chi connectivity index (χ2v) is 3.95. The molecule has 1 aromatic heterocycles. The molecule has 0 aliphatic heterocycles. The molecule has 1 aromatic carbocycles. The molecule has 0 aliphatic rings. The number of fused-ring (bicyclic) bond motifs is 1.